The monoisotopic (exact) mass is 328 g/mol. The van der Waals surface area contributed by atoms with Crippen molar-refractivity contribution in [3.63, 3.8) is 0 Å². The summed E-state index contributed by atoms with van der Waals surface area (Å²) in [5, 5.41) is 2.00. The molecular formula is C13H7Cl3N2O2. The molecular weight excluding hydrogens is 323 g/mol. The van der Waals surface area contributed by atoms with Crippen LogP contribution >= 0.6 is 34.8 Å². The molecule has 0 spiro atoms. The molecule has 0 saturated heterocycles. The number of nitrogens with one attached hydrogen (secondary N) is 1. The summed E-state index contributed by atoms with van der Waals surface area (Å²) in [6.45, 7) is 0. The van der Waals surface area contributed by atoms with E-state index in [1.54, 1.807) is 18.2 Å². The largest absolute Gasteiger partial charge is 0.321 e. The van der Waals surface area contributed by atoms with Gasteiger partial charge in [-0.25, -0.2) is 4.98 Å². The van der Waals surface area contributed by atoms with Crippen LogP contribution in [0, 0.1) is 0 Å². The fourth-order valence-electron chi connectivity index (χ4n) is 1.53. The minimum Gasteiger partial charge on any atom is -0.321 e. The standard InChI is InChI=1S/C13H7Cl3N2O2/c14-10-7(12(16)19)3-1-5-9(10)18-13(20)8-4-2-6-17-11(8)15/h1-6H,(H,18,20). The van der Waals surface area contributed by atoms with Crippen molar-refractivity contribution in [3.05, 3.63) is 57.8 Å². The Morgan fingerprint density at radius 2 is 1.75 bits per heavy atom. The van der Waals surface area contributed by atoms with E-state index in [-0.39, 0.29) is 27.0 Å². The van der Waals surface area contributed by atoms with E-state index in [1.165, 1.54) is 18.3 Å². The smallest absolute Gasteiger partial charge is 0.258 e. The first-order chi connectivity index (χ1) is 9.50. The molecule has 0 saturated carbocycles. The molecule has 1 N–H and O–H groups in total. The molecule has 0 radical (unpaired) electrons. The van der Waals surface area contributed by atoms with Crippen LogP contribution in [0.2, 0.25) is 10.2 Å². The Morgan fingerprint density at radius 1 is 1.05 bits per heavy atom. The highest BCUT2D eigenvalue weighted by Crippen LogP contribution is 2.27. The van der Waals surface area contributed by atoms with E-state index in [0.29, 0.717) is 0 Å². The number of nitrogens with zero attached hydrogens (tertiary/aromatic N) is 1. The Balaban J connectivity index is 2.32. The number of hydrogen-bond donors (Lipinski definition) is 1. The second-order valence-corrected chi connectivity index (χ2v) is 4.82. The van der Waals surface area contributed by atoms with Gasteiger partial charge in [-0.05, 0) is 35.9 Å². The SMILES string of the molecule is O=C(Nc1cccc(C(=O)Cl)c1Cl)c1cccnc1Cl. The molecule has 7 heteroatoms. The third kappa shape index (κ3) is 3.10. The van der Waals surface area contributed by atoms with E-state index < -0.39 is 11.1 Å². The number of carbonyl (C=O) groups excluding carboxylic acids is 2. The Labute approximate surface area is 129 Å². The molecule has 0 aliphatic heterocycles. The lowest BCUT2D eigenvalue weighted by Gasteiger charge is -2.09. The molecule has 0 atom stereocenters. The summed E-state index contributed by atoms with van der Waals surface area (Å²) < 4.78 is 0. The van der Waals surface area contributed by atoms with Gasteiger partial charge in [0.1, 0.15) is 5.15 Å². The zero-order valence-corrected chi connectivity index (χ0v) is 12.1. The van der Waals surface area contributed by atoms with E-state index in [2.05, 4.69) is 10.3 Å². The van der Waals surface area contributed by atoms with Crippen LogP contribution in [0.5, 0.6) is 0 Å². The zero-order chi connectivity index (χ0) is 14.7. The molecule has 2 rings (SSSR count). The second-order valence-electron chi connectivity index (χ2n) is 3.74. The van der Waals surface area contributed by atoms with Crippen LogP contribution < -0.4 is 5.32 Å². The van der Waals surface area contributed by atoms with Crippen molar-refractivity contribution in [2.45, 2.75) is 0 Å². The van der Waals surface area contributed by atoms with Gasteiger partial charge in [0.15, 0.2) is 0 Å². The van der Waals surface area contributed by atoms with Gasteiger partial charge in [-0.2, -0.15) is 0 Å². The first kappa shape index (κ1) is 14.8. The Bertz CT molecular complexity index is 689. The molecule has 0 unspecified atom stereocenters. The topological polar surface area (TPSA) is 59.1 Å². The number of halogens is 3. The van der Waals surface area contributed by atoms with Crippen LogP contribution in [0.15, 0.2) is 36.5 Å². The summed E-state index contributed by atoms with van der Waals surface area (Å²) >= 11 is 17.2. The van der Waals surface area contributed by atoms with Gasteiger partial charge in [0, 0.05) is 6.20 Å². The molecule has 0 aliphatic carbocycles. The molecule has 2 aromatic rings. The van der Waals surface area contributed by atoms with Crippen LogP contribution in [0.1, 0.15) is 20.7 Å². The van der Waals surface area contributed by atoms with Crippen molar-refractivity contribution in [1.82, 2.24) is 4.98 Å². The van der Waals surface area contributed by atoms with Crippen molar-refractivity contribution >= 4 is 51.6 Å². The first-order valence-electron chi connectivity index (χ1n) is 5.41. The van der Waals surface area contributed by atoms with Gasteiger partial charge >= 0.3 is 0 Å². The normalized spacial score (nSPS) is 10.2. The number of amides is 1. The van der Waals surface area contributed by atoms with Gasteiger partial charge < -0.3 is 5.32 Å². The summed E-state index contributed by atoms with van der Waals surface area (Å²) in [6.07, 6.45) is 1.47. The molecule has 102 valence electrons. The lowest BCUT2D eigenvalue weighted by atomic mass is 10.2. The van der Waals surface area contributed by atoms with Gasteiger partial charge in [0.25, 0.3) is 11.1 Å². The van der Waals surface area contributed by atoms with Crippen molar-refractivity contribution < 1.29 is 9.59 Å². The molecule has 1 aromatic carbocycles. The van der Waals surface area contributed by atoms with Crippen molar-refractivity contribution in [3.8, 4) is 0 Å². The highest BCUT2D eigenvalue weighted by molar-refractivity contribution is 6.69. The highest BCUT2D eigenvalue weighted by atomic mass is 35.5. The van der Waals surface area contributed by atoms with E-state index in [4.69, 9.17) is 34.8 Å². The maximum absolute atomic E-state index is 12.1. The summed E-state index contributed by atoms with van der Waals surface area (Å²) in [4.78, 5) is 27.0. The summed E-state index contributed by atoms with van der Waals surface area (Å²) in [7, 11) is 0. The van der Waals surface area contributed by atoms with Crippen LogP contribution in [-0.2, 0) is 0 Å². The van der Waals surface area contributed by atoms with Crippen LogP contribution in [0.25, 0.3) is 0 Å². The second kappa shape index (κ2) is 6.22. The number of pyridine rings is 1. The number of benzene rings is 1. The Kier molecular flexibility index (Phi) is 4.60. The third-order valence-electron chi connectivity index (χ3n) is 2.46. The first-order valence-corrected chi connectivity index (χ1v) is 6.54. The number of rotatable bonds is 3. The molecule has 1 amide bonds. The highest BCUT2D eigenvalue weighted by Gasteiger charge is 2.15. The minimum absolute atomic E-state index is 0.0702. The fourth-order valence-corrected chi connectivity index (χ4v) is 2.20. The average molecular weight is 330 g/mol. The van der Waals surface area contributed by atoms with Crippen LogP contribution in [-0.4, -0.2) is 16.1 Å². The Hall–Kier alpha value is -1.62. The average Bonchev–Trinajstić information content (AvgIpc) is 2.41. The fraction of sp³-hybridized carbons (Fsp3) is 0. The van der Waals surface area contributed by atoms with Crippen LogP contribution in [0.3, 0.4) is 0 Å². The summed E-state index contributed by atoms with van der Waals surface area (Å²) in [5.74, 6) is -0.482. The Morgan fingerprint density at radius 3 is 2.40 bits per heavy atom. The van der Waals surface area contributed by atoms with E-state index in [0.717, 1.165) is 0 Å². The molecule has 20 heavy (non-hydrogen) atoms. The maximum Gasteiger partial charge on any atom is 0.258 e. The van der Waals surface area contributed by atoms with Gasteiger partial charge in [-0.3, -0.25) is 9.59 Å². The number of aromatic nitrogens is 1. The van der Waals surface area contributed by atoms with E-state index in [9.17, 15) is 9.59 Å². The third-order valence-corrected chi connectivity index (χ3v) is 3.37. The quantitative estimate of drug-likeness (QED) is 0.683. The summed E-state index contributed by atoms with van der Waals surface area (Å²) in [6, 6.07) is 7.68. The molecule has 0 aliphatic rings. The van der Waals surface area contributed by atoms with Crippen LogP contribution in [0.4, 0.5) is 5.69 Å². The lowest BCUT2D eigenvalue weighted by Crippen LogP contribution is -2.13. The minimum atomic E-state index is -0.703. The molecule has 1 heterocycles. The van der Waals surface area contributed by atoms with E-state index in [1.807, 2.05) is 0 Å². The lowest BCUT2D eigenvalue weighted by molar-refractivity contribution is 0.102. The molecule has 4 nitrogen and oxygen atoms in total. The summed E-state index contributed by atoms with van der Waals surface area (Å²) in [5.41, 5.74) is 0.583. The number of carbonyl (C=O) groups is 2. The van der Waals surface area contributed by atoms with Crippen molar-refractivity contribution in [2.75, 3.05) is 5.32 Å². The van der Waals surface area contributed by atoms with Crippen molar-refractivity contribution in [1.29, 1.82) is 0 Å². The van der Waals surface area contributed by atoms with Gasteiger partial charge in [-0.1, -0.05) is 29.3 Å². The maximum atomic E-state index is 12.1. The zero-order valence-electron chi connectivity index (χ0n) is 9.86. The predicted molar refractivity (Wildman–Crippen MR) is 78.8 cm³/mol. The number of hydrogen-bond acceptors (Lipinski definition) is 3. The number of anilines is 1. The van der Waals surface area contributed by atoms with Gasteiger partial charge in [0.05, 0.1) is 21.8 Å². The van der Waals surface area contributed by atoms with Gasteiger partial charge in [0.2, 0.25) is 0 Å². The predicted octanol–water partition coefficient (Wildman–Crippen LogP) is 4.02. The van der Waals surface area contributed by atoms with E-state index >= 15 is 0 Å². The molecule has 0 fully saturated rings. The van der Waals surface area contributed by atoms with Crippen molar-refractivity contribution in [2.24, 2.45) is 0 Å². The molecule has 0 bridgehead atoms. The molecule has 1 aromatic heterocycles. The van der Waals surface area contributed by atoms with Gasteiger partial charge in [-0.15, -0.1) is 0 Å².